The highest BCUT2D eigenvalue weighted by Crippen LogP contribution is 2.26. The van der Waals surface area contributed by atoms with Crippen LogP contribution in [0.1, 0.15) is 29.7 Å². The average Bonchev–Trinajstić information content (AvgIpc) is 2.52. The van der Waals surface area contributed by atoms with Gasteiger partial charge in [0.1, 0.15) is 0 Å². The van der Waals surface area contributed by atoms with Crippen molar-refractivity contribution in [3.8, 4) is 0 Å². The van der Waals surface area contributed by atoms with Gasteiger partial charge in [0.15, 0.2) is 0 Å². The third-order valence-corrected chi connectivity index (χ3v) is 3.77. The Labute approximate surface area is 125 Å². The van der Waals surface area contributed by atoms with Crippen LogP contribution in [0.15, 0.2) is 48.5 Å². The van der Waals surface area contributed by atoms with Gasteiger partial charge in [-0.1, -0.05) is 49.4 Å². The molecule has 1 atom stereocenters. The zero-order valence-corrected chi connectivity index (χ0v) is 12.4. The van der Waals surface area contributed by atoms with Crippen molar-refractivity contribution in [1.82, 2.24) is 5.32 Å². The molecule has 2 aromatic rings. The summed E-state index contributed by atoms with van der Waals surface area (Å²) in [5.41, 5.74) is 3.43. The van der Waals surface area contributed by atoms with Crippen LogP contribution in [0, 0.1) is 10.1 Å². The van der Waals surface area contributed by atoms with Crippen LogP contribution < -0.4 is 5.32 Å². The number of likely N-dealkylation sites (N-methyl/N-ethyl adjacent to an activating group) is 1. The Morgan fingerprint density at radius 2 is 1.71 bits per heavy atom. The van der Waals surface area contributed by atoms with E-state index in [1.54, 1.807) is 12.1 Å². The first-order valence-electron chi connectivity index (χ1n) is 7.14. The summed E-state index contributed by atoms with van der Waals surface area (Å²) >= 11 is 0. The second-order valence-electron chi connectivity index (χ2n) is 4.98. The summed E-state index contributed by atoms with van der Waals surface area (Å²) in [6, 6.07) is 15.3. The highest BCUT2D eigenvalue weighted by Gasteiger charge is 2.19. The first-order valence-corrected chi connectivity index (χ1v) is 7.14. The molecule has 2 aromatic carbocycles. The van der Waals surface area contributed by atoms with Crippen LogP contribution in [0.5, 0.6) is 0 Å². The van der Waals surface area contributed by atoms with Gasteiger partial charge in [-0.25, -0.2) is 0 Å². The molecule has 21 heavy (non-hydrogen) atoms. The van der Waals surface area contributed by atoms with Crippen molar-refractivity contribution >= 4 is 5.69 Å². The van der Waals surface area contributed by atoms with E-state index in [9.17, 15) is 10.1 Å². The van der Waals surface area contributed by atoms with E-state index in [-0.39, 0.29) is 16.7 Å². The van der Waals surface area contributed by atoms with Gasteiger partial charge in [0.05, 0.1) is 4.92 Å². The standard InChI is InChI=1S/C17H20N2O2/c1-3-13-8-4-6-10-15(13)16(18-2)12-14-9-5-7-11-17(14)19(20)21/h4-11,16,18H,3,12H2,1-2H3. The molecule has 110 valence electrons. The van der Waals surface area contributed by atoms with Crippen LogP contribution >= 0.6 is 0 Å². The van der Waals surface area contributed by atoms with Crippen LogP contribution in [0.3, 0.4) is 0 Å². The molecule has 0 aliphatic heterocycles. The summed E-state index contributed by atoms with van der Waals surface area (Å²) < 4.78 is 0. The van der Waals surface area contributed by atoms with E-state index in [0.717, 1.165) is 12.0 Å². The number of hydrogen-bond acceptors (Lipinski definition) is 3. The Kier molecular flexibility index (Phi) is 5.06. The Hall–Kier alpha value is -2.20. The van der Waals surface area contributed by atoms with E-state index in [4.69, 9.17) is 0 Å². The fourth-order valence-electron chi connectivity index (χ4n) is 2.65. The molecule has 0 aliphatic rings. The van der Waals surface area contributed by atoms with Gasteiger partial charge < -0.3 is 5.32 Å². The maximum Gasteiger partial charge on any atom is 0.272 e. The van der Waals surface area contributed by atoms with Crippen LogP contribution in [-0.4, -0.2) is 12.0 Å². The Morgan fingerprint density at radius 3 is 2.33 bits per heavy atom. The van der Waals surface area contributed by atoms with Crippen molar-refractivity contribution in [1.29, 1.82) is 0 Å². The van der Waals surface area contributed by atoms with E-state index in [1.807, 2.05) is 31.3 Å². The molecule has 4 heteroatoms. The summed E-state index contributed by atoms with van der Waals surface area (Å²) in [5, 5.41) is 14.4. The van der Waals surface area contributed by atoms with Crippen molar-refractivity contribution in [2.24, 2.45) is 0 Å². The predicted octanol–water partition coefficient (Wildman–Crippen LogP) is 3.66. The second-order valence-corrected chi connectivity index (χ2v) is 4.98. The lowest BCUT2D eigenvalue weighted by Gasteiger charge is -2.19. The van der Waals surface area contributed by atoms with Gasteiger partial charge in [-0.3, -0.25) is 10.1 Å². The molecular weight excluding hydrogens is 264 g/mol. The normalized spacial score (nSPS) is 12.1. The van der Waals surface area contributed by atoms with E-state index in [2.05, 4.69) is 24.4 Å². The second kappa shape index (κ2) is 6.99. The summed E-state index contributed by atoms with van der Waals surface area (Å²) in [5.74, 6) is 0. The fourth-order valence-corrected chi connectivity index (χ4v) is 2.65. The number of aryl methyl sites for hydroxylation is 1. The molecule has 0 radical (unpaired) electrons. The lowest BCUT2D eigenvalue weighted by Crippen LogP contribution is -2.20. The molecule has 1 N–H and O–H groups in total. The molecule has 0 spiro atoms. The SMILES string of the molecule is CCc1ccccc1C(Cc1ccccc1[N+](=O)[O-])NC. The number of hydrogen-bond donors (Lipinski definition) is 1. The van der Waals surface area contributed by atoms with Gasteiger partial charge in [-0.05, 0) is 31.0 Å². The van der Waals surface area contributed by atoms with E-state index in [1.165, 1.54) is 11.1 Å². The minimum atomic E-state index is -0.312. The van der Waals surface area contributed by atoms with Crippen molar-refractivity contribution in [2.75, 3.05) is 7.05 Å². The molecular formula is C17H20N2O2. The zero-order valence-electron chi connectivity index (χ0n) is 12.4. The quantitative estimate of drug-likeness (QED) is 0.650. The van der Waals surface area contributed by atoms with Gasteiger partial charge >= 0.3 is 0 Å². The number of nitro benzene ring substituents is 1. The molecule has 0 fully saturated rings. The maximum atomic E-state index is 11.1. The third-order valence-electron chi connectivity index (χ3n) is 3.77. The van der Waals surface area contributed by atoms with Gasteiger partial charge in [0.25, 0.3) is 5.69 Å². The van der Waals surface area contributed by atoms with Crippen LogP contribution in [0.4, 0.5) is 5.69 Å². The van der Waals surface area contributed by atoms with Crippen molar-refractivity contribution < 1.29 is 4.92 Å². The van der Waals surface area contributed by atoms with Gasteiger partial charge in [-0.15, -0.1) is 0 Å². The fraction of sp³-hybridized carbons (Fsp3) is 0.294. The van der Waals surface area contributed by atoms with Crippen molar-refractivity contribution in [3.05, 3.63) is 75.3 Å². The highest BCUT2D eigenvalue weighted by atomic mass is 16.6. The smallest absolute Gasteiger partial charge is 0.272 e. The minimum Gasteiger partial charge on any atom is -0.313 e. The third kappa shape index (κ3) is 3.47. The van der Waals surface area contributed by atoms with Gasteiger partial charge in [-0.2, -0.15) is 0 Å². The van der Waals surface area contributed by atoms with E-state index < -0.39 is 0 Å². The van der Waals surface area contributed by atoms with Crippen LogP contribution in [0.25, 0.3) is 0 Å². The predicted molar refractivity (Wildman–Crippen MR) is 84.4 cm³/mol. The molecule has 0 bridgehead atoms. The molecule has 1 unspecified atom stereocenters. The molecule has 0 saturated carbocycles. The molecule has 0 amide bonds. The monoisotopic (exact) mass is 284 g/mol. The summed E-state index contributed by atoms with van der Waals surface area (Å²) in [6.07, 6.45) is 1.55. The van der Waals surface area contributed by atoms with Gasteiger partial charge in [0.2, 0.25) is 0 Å². The number of para-hydroxylation sites is 1. The zero-order chi connectivity index (χ0) is 15.2. The van der Waals surface area contributed by atoms with Gasteiger partial charge in [0, 0.05) is 17.7 Å². The maximum absolute atomic E-state index is 11.1. The largest absolute Gasteiger partial charge is 0.313 e. The number of benzene rings is 2. The highest BCUT2D eigenvalue weighted by molar-refractivity contribution is 5.42. The molecule has 0 heterocycles. The molecule has 4 nitrogen and oxygen atoms in total. The molecule has 0 saturated heterocycles. The summed E-state index contributed by atoms with van der Waals surface area (Å²) in [4.78, 5) is 10.8. The van der Waals surface area contributed by atoms with Crippen molar-refractivity contribution in [2.45, 2.75) is 25.8 Å². The lowest BCUT2D eigenvalue weighted by molar-refractivity contribution is -0.385. The molecule has 0 aromatic heterocycles. The van der Waals surface area contributed by atoms with E-state index in [0.29, 0.717) is 6.42 Å². The Balaban J connectivity index is 2.34. The number of nitrogens with one attached hydrogen (secondary N) is 1. The minimum absolute atomic E-state index is 0.0715. The molecule has 0 aliphatic carbocycles. The summed E-state index contributed by atoms with van der Waals surface area (Å²) in [7, 11) is 1.89. The first-order chi connectivity index (χ1) is 10.2. The van der Waals surface area contributed by atoms with Crippen LogP contribution in [-0.2, 0) is 12.8 Å². The number of rotatable bonds is 6. The molecule has 2 rings (SSSR count). The summed E-state index contributed by atoms with van der Waals surface area (Å²) in [6.45, 7) is 2.12. The van der Waals surface area contributed by atoms with Crippen LogP contribution in [0.2, 0.25) is 0 Å². The topological polar surface area (TPSA) is 55.2 Å². The number of nitro groups is 1. The van der Waals surface area contributed by atoms with E-state index >= 15 is 0 Å². The average molecular weight is 284 g/mol. The Bertz CT molecular complexity index is 626. The lowest BCUT2D eigenvalue weighted by atomic mass is 9.93. The first kappa shape index (κ1) is 15.2. The Morgan fingerprint density at radius 1 is 1.10 bits per heavy atom. The number of nitrogens with zero attached hydrogens (tertiary/aromatic N) is 1. The van der Waals surface area contributed by atoms with Crippen molar-refractivity contribution in [3.63, 3.8) is 0 Å².